The highest BCUT2D eigenvalue weighted by molar-refractivity contribution is 7.91. The predicted octanol–water partition coefficient (Wildman–Crippen LogP) is 3.34. The highest BCUT2D eigenvalue weighted by Crippen LogP contribution is 2.45. The summed E-state index contributed by atoms with van der Waals surface area (Å²) in [5.74, 6) is -0.00807. The molecule has 1 N–H and O–H groups in total. The van der Waals surface area contributed by atoms with Crippen LogP contribution in [0.4, 0.5) is 0 Å². The first-order chi connectivity index (χ1) is 11.3. The molecule has 1 atom stereocenters. The van der Waals surface area contributed by atoms with Gasteiger partial charge >= 0.3 is 0 Å². The van der Waals surface area contributed by atoms with Gasteiger partial charge in [-0.25, -0.2) is 8.42 Å². The quantitative estimate of drug-likeness (QED) is 0.876. The van der Waals surface area contributed by atoms with E-state index in [1.54, 1.807) is 0 Å². The molecule has 0 spiro atoms. The van der Waals surface area contributed by atoms with Crippen LogP contribution in [0.25, 0.3) is 0 Å². The van der Waals surface area contributed by atoms with E-state index >= 15 is 0 Å². The molecule has 1 unspecified atom stereocenters. The molecule has 1 aliphatic heterocycles. The van der Waals surface area contributed by atoms with Crippen LogP contribution in [0.15, 0.2) is 18.2 Å². The number of amides is 1. The third kappa shape index (κ3) is 3.48. The average molecular weight is 364 g/mol. The number of fused-ring (bicyclic) bond motifs is 1. The zero-order valence-electron chi connectivity index (χ0n) is 15.9. The summed E-state index contributed by atoms with van der Waals surface area (Å²) >= 11 is 0. The van der Waals surface area contributed by atoms with Crippen molar-refractivity contribution in [2.75, 3.05) is 11.5 Å². The van der Waals surface area contributed by atoms with Gasteiger partial charge in [0.2, 0.25) is 0 Å². The molecule has 5 heteroatoms. The van der Waals surface area contributed by atoms with Crippen LogP contribution in [0, 0.1) is 0 Å². The minimum Gasteiger partial charge on any atom is -0.346 e. The van der Waals surface area contributed by atoms with Gasteiger partial charge in [-0.3, -0.25) is 4.79 Å². The van der Waals surface area contributed by atoms with Gasteiger partial charge in [0.15, 0.2) is 9.84 Å². The van der Waals surface area contributed by atoms with E-state index in [2.05, 4.69) is 39.1 Å². The van der Waals surface area contributed by atoms with E-state index in [9.17, 15) is 13.2 Å². The molecule has 0 bridgehead atoms. The molecule has 3 rings (SSSR count). The molecule has 1 heterocycles. The Balaban J connectivity index is 1.91. The molecule has 0 radical (unpaired) electrons. The van der Waals surface area contributed by atoms with Crippen LogP contribution in [0.3, 0.4) is 0 Å². The summed E-state index contributed by atoms with van der Waals surface area (Å²) < 4.78 is 23.5. The van der Waals surface area contributed by atoms with E-state index in [-0.39, 0.29) is 28.2 Å². The average Bonchev–Trinajstić information content (AvgIpc) is 2.77. The standard InChI is InChI=1S/C20H29NO3S/c1-18(2)8-9-19(3,4)16-12-14(6-7-15(16)18)17(22)21-20(5)10-11-25(23,24)13-20/h6-7,12H,8-11,13H2,1-5H3,(H,21,22). The summed E-state index contributed by atoms with van der Waals surface area (Å²) in [6, 6.07) is 5.97. The van der Waals surface area contributed by atoms with Crippen LogP contribution >= 0.6 is 0 Å². The second-order valence-electron chi connectivity index (χ2n) is 9.38. The summed E-state index contributed by atoms with van der Waals surface area (Å²) in [4.78, 5) is 12.8. The fourth-order valence-corrected chi connectivity index (χ4v) is 6.28. The Bertz CT molecular complexity index is 823. The number of hydrogen-bond donors (Lipinski definition) is 1. The Morgan fingerprint density at radius 3 is 2.12 bits per heavy atom. The molecule has 25 heavy (non-hydrogen) atoms. The van der Waals surface area contributed by atoms with Gasteiger partial charge in [0.25, 0.3) is 5.91 Å². The second kappa shape index (κ2) is 5.57. The highest BCUT2D eigenvalue weighted by Gasteiger charge is 2.40. The molecule has 1 aliphatic carbocycles. The number of sulfone groups is 1. The van der Waals surface area contributed by atoms with Gasteiger partial charge in [0.1, 0.15) is 0 Å². The molecule has 1 aromatic rings. The Hall–Kier alpha value is -1.36. The lowest BCUT2D eigenvalue weighted by atomic mass is 9.63. The molecular weight excluding hydrogens is 334 g/mol. The molecular formula is C20H29NO3S. The summed E-state index contributed by atoms with van der Waals surface area (Å²) in [5, 5.41) is 2.96. The highest BCUT2D eigenvalue weighted by atomic mass is 32.2. The monoisotopic (exact) mass is 363 g/mol. The molecule has 4 nitrogen and oxygen atoms in total. The predicted molar refractivity (Wildman–Crippen MR) is 101 cm³/mol. The minimum atomic E-state index is -3.04. The molecule has 1 aromatic carbocycles. The van der Waals surface area contributed by atoms with Crippen LogP contribution in [0.5, 0.6) is 0 Å². The first-order valence-electron chi connectivity index (χ1n) is 9.02. The zero-order valence-corrected chi connectivity index (χ0v) is 16.7. The molecule has 0 saturated carbocycles. The van der Waals surface area contributed by atoms with Crippen molar-refractivity contribution in [3.05, 3.63) is 34.9 Å². The Morgan fingerprint density at radius 2 is 1.56 bits per heavy atom. The fraction of sp³-hybridized carbons (Fsp3) is 0.650. The summed E-state index contributed by atoms with van der Waals surface area (Å²) in [6.45, 7) is 10.8. The van der Waals surface area contributed by atoms with Gasteiger partial charge in [0, 0.05) is 5.56 Å². The maximum Gasteiger partial charge on any atom is 0.251 e. The van der Waals surface area contributed by atoms with Crippen molar-refractivity contribution in [1.29, 1.82) is 0 Å². The number of carbonyl (C=O) groups excluding carboxylic acids is 1. The number of benzene rings is 1. The molecule has 0 aromatic heterocycles. The van der Waals surface area contributed by atoms with E-state index in [0.29, 0.717) is 12.0 Å². The number of rotatable bonds is 2. The van der Waals surface area contributed by atoms with Crippen LogP contribution in [-0.2, 0) is 20.7 Å². The van der Waals surface area contributed by atoms with Crippen molar-refractivity contribution in [3.8, 4) is 0 Å². The molecule has 1 saturated heterocycles. The summed E-state index contributed by atoms with van der Waals surface area (Å²) in [7, 11) is -3.04. The largest absolute Gasteiger partial charge is 0.346 e. The lowest BCUT2D eigenvalue weighted by molar-refractivity contribution is 0.0915. The molecule has 2 aliphatic rings. The normalized spacial score (nSPS) is 29.0. The lowest BCUT2D eigenvalue weighted by Crippen LogP contribution is -2.47. The van der Waals surface area contributed by atoms with Gasteiger partial charge in [-0.1, -0.05) is 33.8 Å². The van der Waals surface area contributed by atoms with Crippen molar-refractivity contribution >= 4 is 15.7 Å². The van der Waals surface area contributed by atoms with Crippen molar-refractivity contribution in [3.63, 3.8) is 0 Å². The Labute approximate surface area is 151 Å². The number of carbonyl (C=O) groups is 1. The third-order valence-electron chi connectivity index (χ3n) is 6.03. The SMILES string of the molecule is CC1(NC(=O)c2ccc3c(c2)C(C)(C)CCC3(C)C)CCS(=O)(=O)C1. The van der Waals surface area contributed by atoms with Gasteiger partial charge in [-0.2, -0.15) is 0 Å². The van der Waals surface area contributed by atoms with E-state index < -0.39 is 15.4 Å². The van der Waals surface area contributed by atoms with Gasteiger partial charge in [0.05, 0.1) is 17.0 Å². The lowest BCUT2D eigenvalue weighted by Gasteiger charge is -2.42. The fourth-order valence-electron chi connectivity index (χ4n) is 4.19. The van der Waals surface area contributed by atoms with E-state index in [4.69, 9.17) is 0 Å². The Kier molecular flexibility index (Phi) is 4.10. The Morgan fingerprint density at radius 1 is 0.960 bits per heavy atom. The van der Waals surface area contributed by atoms with Gasteiger partial charge in [-0.05, 0) is 60.3 Å². The van der Waals surface area contributed by atoms with E-state index in [0.717, 1.165) is 12.8 Å². The summed E-state index contributed by atoms with van der Waals surface area (Å²) in [6.07, 6.45) is 2.70. The van der Waals surface area contributed by atoms with Crippen molar-refractivity contribution in [1.82, 2.24) is 5.32 Å². The molecule has 138 valence electrons. The van der Waals surface area contributed by atoms with E-state index in [1.165, 1.54) is 11.1 Å². The topological polar surface area (TPSA) is 63.2 Å². The van der Waals surface area contributed by atoms with Crippen molar-refractivity contribution in [2.24, 2.45) is 0 Å². The molecule has 1 amide bonds. The maximum atomic E-state index is 12.8. The smallest absolute Gasteiger partial charge is 0.251 e. The van der Waals surface area contributed by atoms with Crippen LogP contribution < -0.4 is 5.32 Å². The first-order valence-corrected chi connectivity index (χ1v) is 10.8. The number of hydrogen-bond acceptors (Lipinski definition) is 3. The zero-order chi connectivity index (χ0) is 18.7. The van der Waals surface area contributed by atoms with Crippen molar-refractivity contribution in [2.45, 2.75) is 70.3 Å². The van der Waals surface area contributed by atoms with Crippen LogP contribution in [0.1, 0.15) is 75.4 Å². The van der Waals surface area contributed by atoms with Gasteiger partial charge < -0.3 is 5.32 Å². The van der Waals surface area contributed by atoms with Crippen LogP contribution in [-0.4, -0.2) is 31.4 Å². The third-order valence-corrected chi connectivity index (χ3v) is 7.94. The minimum absolute atomic E-state index is 0.0230. The molecule has 1 fully saturated rings. The maximum absolute atomic E-state index is 12.8. The van der Waals surface area contributed by atoms with Crippen molar-refractivity contribution < 1.29 is 13.2 Å². The first kappa shape index (κ1) is 18.4. The van der Waals surface area contributed by atoms with E-state index in [1.807, 2.05) is 19.1 Å². The summed E-state index contributed by atoms with van der Waals surface area (Å²) in [5.41, 5.74) is 2.67. The number of nitrogens with one attached hydrogen (secondary N) is 1. The van der Waals surface area contributed by atoms with Gasteiger partial charge in [-0.15, -0.1) is 0 Å². The second-order valence-corrected chi connectivity index (χ2v) is 11.6. The van der Waals surface area contributed by atoms with Crippen LogP contribution in [0.2, 0.25) is 0 Å².